The van der Waals surface area contributed by atoms with E-state index < -0.39 is 11.4 Å². The number of alkyl halides is 3. The summed E-state index contributed by atoms with van der Waals surface area (Å²) in [7, 11) is 0. The van der Waals surface area contributed by atoms with Crippen molar-refractivity contribution in [2.24, 2.45) is 0 Å². The van der Waals surface area contributed by atoms with Crippen LogP contribution in [0.3, 0.4) is 0 Å². The van der Waals surface area contributed by atoms with Gasteiger partial charge in [0.1, 0.15) is 0 Å². The molecule has 7 heteroatoms. The second-order valence-corrected chi connectivity index (χ2v) is 6.74. The molecule has 0 saturated carbocycles. The summed E-state index contributed by atoms with van der Waals surface area (Å²) in [5.41, 5.74) is -4.38. The largest absolute Gasteiger partial charge is 0.446 e. The summed E-state index contributed by atoms with van der Waals surface area (Å²) in [6.07, 6.45) is 0. The number of thioether (sulfide) groups is 2. The summed E-state index contributed by atoms with van der Waals surface area (Å²) in [5.74, 6) is 0.149. The predicted octanol–water partition coefficient (Wildman–Crippen LogP) is 4.82. The van der Waals surface area contributed by atoms with Crippen molar-refractivity contribution in [2.45, 2.75) is 15.3 Å². The molecule has 0 aliphatic carbocycles. The van der Waals surface area contributed by atoms with Crippen LogP contribution in [0.4, 0.5) is 13.2 Å². The molecule has 0 aromatic heterocycles. The molecule has 2 nitrogen and oxygen atoms in total. The van der Waals surface area contributed by atoms with E-state index in [4.69, 9.17) is 0 Å². The van der Waals surface area contributed by atoms with Gasteiger partial charge in [-0.2, -0.15) is 13.2 Å². The van der Waals surface area contributed by atoms with Gasteiger partial charge >= 0.3 is 5.51 Å². The van der Waals surface area contributed by atoms with E-state index in [2.05, 4.69) is 5.32 Å². The summed E-state index contributed by atoms with van der Waals surface area (Å²) in [6, 6.07) is 15.4. The lowest BCUT2D eigenvalue weighted by atomic mass is 10.2. The van der Waals surface area contributed by atoms with E-state index in [0.29, 0.717) is 12.3 Å². The molecule has 2 rings (SSSR count). The van der Waals surface area contributed by atoms with Gasteiger partial charge in [-0.1, -0.05) is 30.3 Å². The van der Waals surface area contributed by atoms with E-state index in [-0.39, 0.29) is 22.2 Å². The van der Waals surface area contributed by atoms with Crippen molar-refractivity contribution in [3.05, 3.63) is 60.2 Å². The van der Waals surface area contributed by atoms with Crippen LogP contribution in [-0.2, 0) is 0 Å². The first kappa shape index (κ1) is 17.7. The minimum absolute atomic E-state index is 0.0412. The van der Waals surface area contributed by atoms with Gasteiger partial charge < -0.3 is 5.32 Å². The third-order valence-electron chi connectivity index (χ3n) is 2.76. The molecule has 0 radical (unpaired) electrons. The molecular weight excluding hydrogens is 343 g/mol. The van der Waals surface area contributed by atoms with Crippen LogP contribution in [0.1, 0.15) is 10.4 Å². The van der Waals surface area contributed by atoms with E-state index in [1.165, 1.54) is 18.2 Å². The van der Waals surface area contributed by atoms with Crippen LogP contribution in [-0.4, -0.2) is 23.7 Å². The molecule has 2 aromatic carbocycles. The molecule has 0 aliphatic heterocycles. The van der Waals surface area contributed by atoms with E-state index in [9.17, 15) is 18.0 Å². The first-order valence-corrected chi connectivity index (χ1v) is 8.57. The van der Waals surface area contributed by atoms with Crippen LogP contribution in [0.25, 0.3) is 0 Å². The number of hydrogen-bond acceptors (Lipinski definition) is 3. The van der Waals surface area contributed by atoms with Gasteiger partial charge in [-0.25, -0.2) is 0 Å². The van der Waals surface area contributed by atoms with E-state index in [1.54, 1.807) is 17.8 Å². The molecule has 0 aliphatic rings. The van der Waals surface area contributed by atoms with Gasteiger partial charge in [-0.3, -0.25) is 4.79 Å². The van der Waals surface area contributed by atoms with Gasteiger partial charge in [0, 0.05) is 22.1 Å². The van der Waals surface area contributed by atoms with Crippen LogP contribution in [0.2, 0.25) is 0 Å². The van der Waals surface area contributed by atoms with E-state index >= 15 is 0 Å². The summed E-state index contributed by atoms with van der Waals surface area (Å²) in [5, 5.41) is 2.65. The first-order valence-electron chi connectivity index (χ1n) is 6.76. The van der Waals surface area contributed by atoms with E-state index in [1.807, 2.05) is 30.3 Å². The number of halogens is 3. The Hall–Kier alpha value is -1.60. The molecule has 0 unspecified atom stereocenters. The second-order valence-electron chi connectivity index (χ2n) is 4.46. The number of amides is 1. The van der Waals surface area contributed by atoms with Crippen molar-refractivity contribution in [1.82, 2.24) is 5.32 Å². The van der Waals surface area contributed by atoms with Crippen molar-refractivity contribution in [3.63, 3.8) is 0 Å². The topological polar surface area (TPSA) is 29.1 Å². The maximum Gasteiger partial charge on any atom is 0.446 e. The average Bonchev–Trinajstić information content (AvgIpc) is 2.51. The highest BCUT2D eigenvalue weighted by molar-refractivity contribution is 8.00. The number of rotatable bonds is 6. The lowest BCUT2D eigenvalue weighted by molar-refractivity contribution is -0.0328. The predicted molar refractivity (Wildman–Crippen MR) is 87.9 cm³/mol. The minimum atomic E-state index is -4.42. The van der Waals surface area contributed by atoms with Crippen molar-refractivity contribution in [3.8, 4) is 0 Å². The van der Waals surface area contributed by atoms with Crippen LogP contribution in [0.5, 0.6) is 0 Å². The fourth-order valence-electron chi connectivity index (χ4n) is 1.81. The monoisotopic (exact) mass is 357 g/mol. The molecule has 1 N–H and O–H groups in total. The van der Waals surface area contributed by atoms with Gasteiger partial charge in [0.25, 0.3) is 5.91 Å². The standard InChI is InChI=1S/C16H14F3NOS2/c17-16(18,19)23-14-9-5-4-8-13(14)15(21)20-10-11-22-12-6-2-1-3-7-12/h1-9H,10-11H2,(H,20,21). The molecule has 0 fully saturated rings. The Kier molecular flexibility index (Phi) is 6.41. The Morgan fingerprint density at radius 2 is 1.65 bits per heavy atom. The van der Waals surface area contributed by atoms with Crippen LogP contribution >= 0.6 is 23.5 Å². The first-order chi connectivity index (χ1) is 11.0. The zero-order valence-corrected chi connectivity index (χ0v) is 13.6. The third-order valence-corrected chi connectivity index (χ3v) is 4.58. The quantitative estimate of drug-likeness (QED) is 0.594. The van der Waals surface area contributed by atoms with Gasteiger partial charge in [-0.05, 0) is 36.0 Å². The fraction of sp³-hybridized carbons (Fsp3) is 0.188. The average molecular weight is 357 g/mol. The lowest BCUT2D eigenvalue weighted by Crippen LogP contribution is -2.26. The number of benzene rings is 2. The second kappa shape index (κ2) is 8.31. The smallest absolute Gasteiger partial charge is 0.351 e. The summed E-state index contributed by atoms with van der Waals surface area (Å²) in [6.45, 7) is 0.378. The molecule has 0 bridgehead atoms. The third kappa shape index (κ3) is 6.19. The Balaban J connectivity index is 1.88. The minimum Gasteiger partial charge on any atom is -0.351 e. The van der Waals surface area contributed by atoms with Gasteiger partial charge in [-0.15, -0.1) is 11.8 Å². The highest BCUT2D eigenvalue weighted by atomic mass is 32.2. The zero-order chi connectivity index (χ0) is 16.7. The highest BCUT2D eigenvalue weighted by Crippen LogP contribution is 2.38. The van der Waals surface area contributed by atoms with Crippen molar-refractivity contribution < 1.29 is 18.0 Å². The Morgan fingerprint density at radius 3 is 2.35 bits per heavy atom. The van der Waals surface area contributed by atoms with Crippen molar-refractivity contribution in [2.75, 3.05) is 12.3 Å². The number of hydrogen-bond donors (Lipinski definition) is 1. The molecule has 0 spiro atoms. The number of carbonyl (C=O) groups is 1. The Labute approximate surface area is 140 Å². The Morgan fingerprint density at radius 1 is 1.00 bits per heavy atom. The zero-order valence-electron chi connectivity index (χ0n) is 12.0. The molecule has 0 heterocycles. The van der Waals surface area contributed by atoms with Crippen LogP contribution in [0, 0.1) is 0 Å². The maximum absolute atomic E-state index is 12.5. The summed E-state index contributed by atoms with van der Waals surface area (Å²) in [4.78, 5) is 13.1. The normalized spacial score (nSPS) is 11.3. The van der Waals surface area contributed by atoms with Gasteiger partial charge in [0.2, 0.25) is 0 Å². The molecule has 1 amide bonds. The molecular formula is C16H14F3NOS2. The molecule has 122 valence electrons. The molecule has 2 aromatic rings. The molecule has 23 heavy (non-hydrogen) atoms. The Bertz CT molecular complexity index is 647. The number of nitrogens with one attached hydrogen (secondary N) is 1. The number of carbonyl (C=O) groups excluding carboxylic acids is 1. The van der Waals surface area contributed by atoms with Crippen LogP contribution < -0.4 is 5.32 Å². The van der Waals surface area contributed by atoms with Crippen molar-refractivity contribution in [1.29, 1.82) is 0 Å². The van der Waals surface area contributed by atoms with Crippen molar-refractivity contribution >= 4 is 29.4 Å². The summed E-state index contributed by atoms with van der Waals surface area (Å²) < 4.78 is 37.5. The maximum atomic E-state index is 12.5. The molecule has 0 atom stereocenters. The lowest BCUT2D eigenvalue weighted by Gasteiger charge is -2.11. The highest BCUT2D eigenvalue weighted by Gasteiger charge is 2.31. The SMILES string of the molecule is O=C(NCCSc1ccccc1)c1ccccc1SC(F)(F)F. The van der Waals surface area contributed by atoms with E-state index in [0.717, 1.165) is 4.90 Å². The molecule has 0 saturated heterocycles. The fourth-order valence-corrected chi connectivity index (χ4v) is 3.27. The van der Waals surface area contributed by atoms with Gasteiger partial charge in [0.15, 0.2) is 0 Å². The summed E-state index contributed by atoms with van der Waals surface area (Å²) >= 11 is 1.30. The van der Waals surface area contributed by atoms with Gasteiger partial charge in [0.05, 0.1) is 5.56 Å². The van der Waals surface area contributed by atoms with Crippen LogP contribution in [0.15, 0.2) is 64.4 Å².